The van der Waals surface area contributed by atoms with Gasteiger partial charge in [0.2, 0.25) is 5.60 Å². The number of carbonyl (C=O) groups excluding carboxylic acids is 2. The Kier molecular flexibility index (Phi) is 3.13. The molecule has 4 heterocycles. The Morgan fingerprint density at radius 3 is 2.08 bits per heavy atom. The van der Waals surface area contributed by atoms with Gasteiger partial charge in [-0.05, 0) is 19.8 Å². The van der Waals surface area contributed by atoms with Crippen LogP contribution in [0.15, 0.2) is 0 Å². The van der Waals surface area contributed by atoms with E-state index in [1.165, 1.54) is 0 Å². The van der Waals surface area contributed by atoms with Crippen molar-refractivity contribution < 1.29 is 33.3 Å². The van der Waals surface area contributed by atoms with Crippen molar-refractivity contribution in [2.45, 2.75) is 84.0 Å². The zero-order valence-corrected chi connectivity index (χ0v) is 15.8. The molecular weight excluding hydrogens is 340 g/mol. The fourth-order valence-corrected chi connectivity index (χ4v) is 5.82. The molecule has 0 radical (unpaired) electrons. The topological polar surface area (TPSA) is 80.3 Å². The SMILES string of the molecule is CC1C2OC3OC1C(OC(=O)C14CCC(C)(C(=O)O1)C4(C)C)C(O3)C2C. The van der Waals surface area contributed by atoms with Crippen LogP contribution in [0.5, 0.6) is 0 Å². The molecule has 7 heteroatoms. The number of rotatable bonds is 2. The van der Waals surface area contributed by atoms with Crippen LogP contribution in [0.2, 0.25) is 0 Å². The van der Waals surface area contributed by atoms with Gasteiger partial charge in [0.1, 0.15) is 12.2 Å². The molecule has 0 aromatic heterocycles. The molecule has 0 spiro atoms. The minimum atomic E-state index is -1.23. The average Bonchev–Trinajstić information content (AvgIpc) is 2.88. The Hall–Kier alpha value is -1.18. The highest BCUT2D eigenvalue weighted by Crippen LogP contribution is 2.66. The fourth-order valence-electron chi connectivity index (χ4n) is 5.82. The van der Waals surface area contributed by atoms with Gasteiger partial charge in [0.15, 0.2) is 6.10 Å². The number of hydrogen-bond acceptors (Lipinski definition) is 7. The molecule has 6 aliphatic rings. The molecule has 4 saturated heterocycles. The van der Waals surface area contributed by atoms with E-state index in [1.54, 1.807) is 0 Å². The van der Waals surface area contributed by atoms with Crippen molar-refractivity contribution in [1.82, 2.24) is 0 Å². The summed E-state index contributed by atoms with van der Waals surface area (Å²) in [5.41, 5.74) is -2.50. The maximum atomic E-state index is 13.3. The molecule has 2 aliphatic carbocycles. The molecule has 0 N–H and O–H groups in total. The number of hydrogen-bond donors (Lipinski definition) is 0. The number of carbonyl (C=O) groups is 2. The Balaban J connectivity index is 1.44. The van der Waals surface area contributed by atoms with Crippen molar-refractivity contribution in [2.24, 2.45) is 22.7 Å². The Labute approximate surface area is 152 Å². The molecule has 6 atom stereocenters. The highest BCUT2D eigenvalue weighted by atomic mass is 16.9. The molecule has 26 heavy (non-hydrogen) atoms. The van der Waals surface area contributed by atoms with Gasteiger partial charge < -0.3 is 23.7 Å². The summed E-state index contributed by atoms with van der Waals surface area (Å²) < 4.78 is 29.0. The van der Waals surface area contributed by atoms with Crippen LogP contribution in [0.25, 0.3) is 0 Å². The smallest absolute Gasteiger partial charge is 0.351 e. The van der Waals surface area contributed by atoms with Crippen LogP contribution in [0.3, 0.4) is 0 Å². The number of ether oxygens (including phenoxy) is 5. The van der Waals surface area contributed by atoms with E-state index in [0.717, 1.165) is 0 Å². The van der Waals surface area contributed by atoms with Gasteiger partial charge in [-0.3, -0.25) is 4.79 Å². The minimum absolute atomic E-state index is 0.0427. The molecule has 0 amide bonds. The molecule has 0 aromatic rings. The molecule has 144 valence electrons. The second-order valence-corrected chi connectivity index (χ2v) is 9.35. The predicted molar refractivity (Wildman–Crippen MR) is 86.6 cm³/mol. The van der Waals surface area contributed by atoms with Crippen molar-refractivity contribution in [3.63, 3.8) is 0 Å². The van der Waals surface area contributed by atoms with Crippen LogP contribution in [0.4, 0.5) is 0 Å². The van der Waals surface area contributed by atoms with E-state index in [0.29, 0.717) is 12.8 Å². The first-order valence-corrected chi connectivity index (χ1v) is 9.53. The molecule has 4 aliphatic heterocycles. The van der Waals surface area contributed by atoms with Crippen LogP contribution in [0.1, 0.15) is 47.5 Å². The van der Waals surface area contributed by atoms with Gasteiger partial charge in [0.25, 0.3) is 6.48 Å². The highest BCUT2D eigenvalue weighted by molar-refractivity contribution is 5.93. The first kappa shape index (κ1) is 17.0. The van der Waals surface area contributed by atoms with E-state index < -0.39 is 35.0 Å². The van der Waals surface area contributed by atoms with Crippen molar-refractivity contribution >= 4 is 11.9 Å². The summed E-state index contributed by atoms with van der Waals surface area (Å²) in [6, 6.07) is 0. The number of esters is 2. The summed E-state index contributed by atoms with van der Waals surface area (Å²) in [5, 5.41) is 0. The summed E-state index contributed by atoms with van der Waals surface area (Å²) in [6.45, 7) is 9.16. The zero-order chi connectivity index (χ0) is 18.6. The summed E-state index contributed by atoms with van der Waals surface area (Å²) in [5.74, 6) is -0.574. The van der Waals surface area contributed by atoms with Gasteiger partial charge in [-0.15, -0.1) is 0 Å². The first-order chi connectivity index (χ1) is 12.1. The van der Waals surface area contributed by atoms with E-state index in [2.05, 4.69) is 13.8 Å². The van der Waals surface area contributed by atoms with E-state index in [9.17, 15) is 9.59 Å². The third-order valence-electron chi connectivity index (χ3n) is 8.18. The molecule has 6 rings (SSSR count). The standard InChI is InChI=1S/C19H26O7/c1-8-10-9(2)12-13(11(8)24-16(23-10)25-12)22-15(21)19-7-6-18(5,14(20)26-19)17(19,3)4/h8-13,16H,6-7H2,1-5H3. The van der Waals surface area contributed by atoms with Crippen molar-refractivity contribution in [2.75, 3.05) is 0 Å². The molecule has 2 saturated carbocycles. The van der Waals surface area contributed by atoms with Crippen molar-refractivity contribution in [1.29, 1.82) is 0 Å². The first-order valence-electron chi connectivity index (χ1n) is 9.53. The lowest BCUT2D eigenvalue weighted by Gasteiger charge is -2.58. The van der Waals surface area contributed by atoms with E-state index in [-0.39, 0.29) is 36.1 Å². The van der Waals surface area contributed by atoms with Gasteiger partial charge in [0.05, 0.1) is 11.5 Å². The van der Waals surface area contributed by atoms with Gasteiger partial charge in [-0.1, -0.05) is 27.7 Å². The highest BCUT2D eigenvalue weighted by Gasteiger charge is 2.77. The third-order valence-corrected chi connectivity index (χ3v) is 8.18. The van der Waals surface area contributed by atoms with Crippen LogP contribution >= 0.6 is 0 Å². The molecule has 0 aromatic carbocycles. The molecule has 6 bridgehead atoms. The van der Waals surface area contributed by atoms with Crippen molar-refractivity contribution in [3.8, 4) is 0 Å². The molecule has 6 fully saturated rings. The van der Waals surface area contributed by atoms with Gasteiger partial charge >= 0.3 is 11.9 Å². The average molecular weight is 366 g/mol. The predicted octanol–water partition coefficient (Wildman–Crippen LogP) is 1.77. The lowest BCUT2D eigenvalue weighted by molar-refractivity contribution is -0.470. The molecule has 6 unspecified atom stereocenters. The zero-order valence-electron chi connectivity index (χ0n) is 15.8. The third kappa shape index (κ3) is 1.66. The molecular formula is C19H26O7. The second kappa shape index (κ2) is 4.80. The minimum Gasteiger partial charge on any atom is -0.454 e. The Morgan fingerprint density at radius 2 is 1.58 bits per heavy atom. The Morgan fingerprint density at radius 1 is 1.00 bits per heavy atom. The monoisotopic (exact) mass is 366 g/mol. The lowest BCUT2D eigenvalue weighted by atomic mass is 9.66. The Bertz CT molecular complexity index is 669. The van der Waals surface area contributed by atoms with E-state index in [4.69, 9.17) is 23.7 Å². The summed E-state index contributed by atoms with van der Waals surface area (Å²) in [4.78, 5) is 25.7. The van der Waals surface area contributed by atoms with Gasteiger partial charge in [-0.2, -0.15) is 0 Å². The lowest BCUT2D eigenvalue weighted by Crippen LogP contribution is -2.71. The largest absolute Gasteiger partial charge is 0.454 e. The van der Waals surface area contributed by atoms with Crippen molar-refractivity contribution in [3.05, 3.63) is 0 Å². The van der Waals surface area contributed by atoms with Gasteiger partial charge in [0, 0.05) is 17.3 Å². The fraction of sp³-hybridized carbons (Fsp3) is 0.895. The maximum Gasteiger partial charge on any atom is 0.351 e. The number of fused-ring (bicyclic) bond motifs is 2. The van der Waals surface area contributed by atoms with Crippen LogP contribution in [-0.2, 0) is 33.3 Å². The quantitative estimate of drug-likeness (QED) is 0.689. The second-order valence-electron chi connectivity index (χ2n) is 9.35. The molecule has 7 nitrogen and oxygen atoms in total. The van der Waals surface area contributed by atoms with E-state index >= 15 is 0 Å². The van der Waals surface area contributed by atoms with Crippen LogP contribution in [-0.4, -0.2) is 48.4 Å². The summed E-state index contributed by atoms with van der Waals surface area (Å²) in [6.07, 6.45) is 0.124. The summed E-state index contributed by atoms with van der Waals surface area (Å²) >= 11 is 0. The van der Waals surface area contributed by atoms with Crippen LogP contribution in [0, 0.1) is 22.7 Å². The van der Waals surface area contributed by atoms with E-state index in [1.807, 2.05) is 20.8 Å². The maximum absolute atomic E-state index is 13.3. The normalized spacial score (nSPS) is 55.9. The van der Waals surface area contributed by atoms with Crippen LogP contribution < -0.4 is 0 Å². The van der Waals surface area contributed by atoms with Gasteiger partial charge in [-0.25, -0.2) is 4.79 Å². The summed E-state index contributed by atoms with van der Waals surface area (Å²) in [7, 11) is 0.